The van der Waals surface area contributed by atoms with Crippen LogP contribution in [-0.2, 0) is 6.18 Å². The van der Waals surface area contributed by atoms with Gasteiger partial charge in [0, 0.05) is 0 Å². The predicted molar refractivity (Wildman–Crippen MR) is 64.5 cm³/mol. The molecule has 19 heavy (non-hydrogen) atoms. The van der Waals surface area contributed by atoms with Crippen molar-refractivity contribution in [1.29, 1.82) is 0 Å². The molecule has 2 aromatic rings. The maximum absolute atomic E-state index is 13.1. The summed E-state index contributed by atoms with van der Waals surface area (Å²) in [5.74, 6) is -1.17. The van der Waals surface area contributed by atoms with Gasteiger partial charge in [-0.3, -0.25) is 0 Å². The summed E-state index contributed by atoms with van der Waals surface area (Å²) in [7, 11) is 0. The first kappa shape index (κ1) is 14.2. The van der Waals surface area contributed by atoms with Crippen molar-refractivity contribution in [1.82, 2.24) is 9.36 Å². The molecule has 2 rings (SSSR count). The number of nitrogens with one attached hydrogen (secondary N) is 1. The van der Waals surface area contributed by atoms with E-state index in [-0.39, 0.29) is 11.4 Å². The van der Waals surface area contributed by atoms with Crippen LogP contribution in [0, 0.1) is 5.82 Å². The third-order valence-electron chi connectivity index (χ3n) is 2.21. The third-order valence-corrected chi connectivity index (χ3v) is 3.09. The van der Waals surface area contributed by atoms with Crippen LogP contribution >= 0.6 is 11.5 Å². The number of hydrogen-bond acceptors (Lipinski definition) is 4. The first-order valence-corrected chi connectivity index (χ1v) is 6.65. The van der Waals surface area contributed by atoms with Crippen LogP contribution in [-0.4, -0.2) is 31.1 Å². The van der Waals surface area contributed by atoms with Crippen LogP contribution in [0.1, 0.15) is 5.56 Å². The Morgan fingerprint density at radius 3 is 2.68 bits per heavy atom. The van der Waals surface area contributed by atoms with Gasteiger partial charge >= 0.3 is 118 Å². The fourth-order valence-electron chi connectivity index (χ4n) is 1.38. The molecule has 1 N–H and O–H groups in total. The van der Waals surface area contributed by atoms with E-state index in [9.17, 15) is 17.6 Å². The molecule has 0 saturated heterocycles. The Morgan fingerprint density at radius 2 is 2.05 bits per heavy atom. The molecule has 9 heteroatoms. The molecule has 0 bridgehead atoms. The second-order valence-electron chi connectivity index (χ2n) is 3.50. The quantitative estimate of drug-likeness (QED) is 0.700. The number of anilines is 1. The molecule has 0 unspecified atom stereocenters. The van der Waals surface area contributed by atoms with Crippen molar-refractivity contribution in [3.8, 4) is 11.4 Å². The van der Waals surface area contributed by atoms with Crippen molar-refractivity contribution in [2.24, 2.45) is 0 Å². The monoisotopic (exact) mass is 303 g/mol. The van der Waals surface area contributed by atoms with E-state index in [4.69, 9.17) is 0 Å². The minimum absolute atomic E-state index is 0.127. The number of rotatable bonds is 3. The van der Waals surface area contributed by atoms with Crippen molar-refractivity contribution >= 4 is 33.0 Å². The molecule has 1 heterocycles. The van der Waals surface area contributed by atoms with Crippen LogP contribution in [0.3, 0.4) is 0 Å². The van der Waals surface area contributed by atoms with E-state index in [0.29, 0.717) is 16.6 Å². The number of halogens is 4. The summed E-state index contributed by atoms with van der Waals surface area (Å²) in [6, 6.07) is 2.70. The SMILES string of the molecule is Fc1ccc(-c2nsc(N[CH2][Al+2])n2)cc1C(F)(F)F. The first-order chi connectivity index (χ1) is 8.91. The van der Waals surface area contributed by atoms with E-state index in [1.54, 1.807) is 0 Å². The number of benzene rings is 1. The van der Waals surface area contributed by atoms with Crippen LogP contribution in [0.15, 0.2) is 18.2 Å². The summed E-state index contributed by atoms with van der Waals surface area (Å²) in [6.45, 7) is 0. The number of alkyl halides is 3. The van der Waals surface area contributed by atoms with E-state index in [1.165, 1.54) is 6.07 Å². The van der Waals surface area contributed by atoms with Crippen molar-refractivity contribution in [3.63, 3.8) is 0 Å². The molecule has 0 saturated carbocycles. The van der Waals surface area contributed by atoms with Crippen molar-refractivity contribution in [3.05, 3.63) is 29.6 Å². The van der Waals surface area contributed by atoms with Crippen LogP contribution in [0.2, 0.25) is 0 Å². The van der Waals surface area contributed by atoms with Gasteiger partial charge in [0.2, 0.25) is 0 Å². The molecule has 0 radical (unpaired) electrons. The fourth-order valence-corrected chi connectivity index (χ4v) is 2.32. The molecule has 0 aliphatic rings. The summed E-state index contributed by atoms with van der Waals surface area (Å²) < 4.78 is 54.8. The van der Waals surface area contributed by atoms with Gasteiger partial charge in [-0.1, -0.05) is 0 Å². The Labute approximate surface area is 118 Å². The van der Waals surface area contributed by atoms with Gasteiger partial charge in [-0.25, -0.2) is 0 Å². The average molecular weight is 303 g/mol. The van der Waals surface area contributed by atoms with E-state index < -0.39 is 17.6 Å². The van der Waals surface area contributed by atoms with Crippen molar-refractivity contribution < 1.29 is 17.6 Å². The Bertz CT molecular complexity index is 584. The molecule has 0 amide bonds. The third kappa shape index (κ3) is 3.24. The fraction of sp³-hybridized carbons (Fsp3) is 0.200. The number of nitrogens with zero attached hydrogens (tertiary/aromatic N) is 2. The van der Waals surface area contributed by atoms with Crippen LogP contribution < -0.4 is 5.32 Å². The zero-order valence-corrected chi connectivity index (χ0v) is 11.3. The minimum atomic E-state index is -4.74. The molecular formula is C10H6AlF4N3S+2. The number of hydrogen-bond donors (Lipinski definition) is 1. The van der Waals surface area contributed by atoms with Gasteiger partial charge in [0.05, 0.1) is 0 Å². The zero-order valence-electron chi connectivity index (χ0n) is 9.33. The molecule has 0 spiro atoms. The zero-order chi connectivity index (χ0) is 14.0. The second-order valence-corrected chi connectivity index (χ2v) is 4.66. The van der Waals surface area contributed by atoms with Gasteiger partial charge in [0.15, 0.2) is 0 Å². The molecule has 0 aliphatic carbocycles. The van der Waals surface area contributed by atoms with Crippen molar-refractivity contribution in [2.45, 2.75) is 6.18 Å². The predicted octanol–water partition coefficient (Wildman–Crippen LogP) is 2.90. The molecule has 1 aromatic carbocycles. The molecule has 3 nitrogen and oxygen atoms in total. The van der Waals surface area contributed by atoms with E-state index in [2.05, 4.69) is 31.0 Å². The molecule has 0 fully saturated rings. The van der Waals surface area contributed by atoms with E-state index in [1.807, 2.05) is 0 Å². The molecule has 1 aromatic heterocycles. The summed E-state index contributed by atoms with van der Waals surface area (Å²) in [5.41, 5.74) is -1.19. The molecular weight excluding hydrogens is 297 g/mol. The Morgan fingerprint density at radius 1 is 1.32 bits per heavy atom. The van der Waals surface area contributed by atoms with Gasteiger partial charge < -0.3 is 0 Å². The van der Waals surface area contributed by atoms with Gasteiger partial charge in [-0.05, 0) is 0 Å². The van der Waals surface area contributed by atoms with Gasteiger partial charge in [0.1, 0.15) is 0 Å². The van der Waals surface area contributed by atoms with Crippen LogP contribution in [0.4, 0.5) is 22.7 Å². The topological polar surface area (TPSA) is 37.8 Å². The Kier molecular flexibility index (Phi) is 4.08. The Hall–Kier alpha value is -1.17. The summed E-state index contributed by atoms with van der Waals surface area (Å²) >= 11 is 3.45. The van der Waals surface area contributed by atoms with Gasteiger partial charge in [-0.15, -0.1) is 0 Å². The second kappa shape index (κ2) is 5.45. The molecule has 0 atom stereocenters. The normalized spacial score (nSPS) is 11.7. The first-order valence-electron chi connectivity index (χ1n) is 5.06. The van der Waals surface area contributed by atoms with Gasteiger partial charge in [0.25, 0.3) is 0 Å². The van der Waals surface area contributed by atoms with Crippen molar-refractivity contribution in [2.75, 3.05) is 10.7 Å². The summed E-state index contributed by atoms with van der Waals surface area (Å²) in [6.07, 6.45) is -4.74. The van der Waals surface area contributed by atoms with Gasteiger partial charge in [-0.2, -0.15) is 0 Å². The van der Waals surface area contributed by atoms with Crippen LogP contribution in [0.25, 0.3) is 11.4 Å². The Balaban J connectivity index is 2.39. The maximum atomic E-state index is 13.1. The average Bonchev–Trinajstić information content (AvgIpc) is 2.77. The van der Waals surface area contributed by atoms with Crippen LogP contribution in [0.5, 0.6) is 0 Å². The standard InChI is InChI=1S/C10H6F4N3S.Al/c1-15-9-16-8(17-18-9)5-2-3-7(11)6(4-5)10(12,13)14;/h2-4H,1H2,(H,15,16,17);/q;+2. The van der Waals surface area contributed by atoms with E-state index in [0.717, 1.165) is 17.6 Å². The number of aromatic nitrogens is 2. The summed E-state index contributed by atoms with van der Waals surface area (Å²) in [4.78, 5) is 4.02. The summed E-state index contributed by atoms with van der Waals surface area (Å²) in [5, 5.41) is 3.90. The molecule has 96 valence electrons. The van der Waals surface area contributed by atoms with E-state index >= 15 is 0 Å². The molecule has 0 aliphatic heterocycles.